The number of benzene rings is 1. The molecule has 0 saturated heterocycles. The Labute approximate surface area is 98.6 Å². The lowest BCUT2D eigenvalue weighted by atomic mass is 10.3. The zero-order chi connectivity index (χ0) is 10.8. The predicted molar refractivity (Wildman–Crippen MR) is 67.0 cm³/mol. The van der Waals surface area contributed by atoms with Crippen molar-refractivity contribution in [2.24, 2.45) is 4.99 Å². The SMILES string of the molecule is CN(C)C=C1Sc2ccccc2N=C1Cl. The Kier molecular flexibility index (Phi) is 3.03. The van der Waals surface area contributed by atoms with Gasteiger partial charge in [0.15, 0.2) is 0 Å². The van der Waals surface area contributed by atoms with Crippen LogP contribution in [0.2, 0.25) is 0 Å². The Morgan fingerprint density at radius 3 is 2.80 bits per heavy atom. The minimum atomic E-state index is 0.562. The second-order valence-electron chi connectivity index (χ2n) is 3.43. The van der Waals surface area contributed by atoms with Gasteiger partial charge >= 0.3 is 0 Å². The van der Waals surface area contributed by atoms with E-state index in [-0.39, 0.29) is 0 Å². The van der Waals surface area contributed by atoms with Gasteiger partial charge in [-0.05, 0) is 12.1 Å². The minimum absolute atomic E-state index is 0.562. The Hall–Kier alpha value is -0.930. The zero-order valence-electron chi connectivity index (χ0n) is 8.57. The molecular formula is C11H11ClN2S. The highest BCUT2D eigenvalue weighted by Crippen LogP contribution is 2.40. The summed E-state index contributed by atoms with van der Waals surface area (Å²) < 4.78 is 0. The van der Waals surface area contributed by atoms with Crippen LogP contribution in [0.15, 0.2) is 45.3 Å². The number of allylic oxidation sites excluding steroid dienone is 1. The summed E-state index contributed by atoms with van der Waals surface area (Å²) in [6.45, 7) is 0. The molecule has 0 spiro atoms. The molecule has 0 aromatic heterocycles. The third kappa shape index (κ3) is 2.36. The highest BCUT2D eigenvalue weighted by molar-refractivity contribution is 8.04. The van der Waals surface area contributed by atoms with Crippen LogP contribution in [0.25, 0.3) is 0 Å². The first-order valence-corrected chi connectivity index (χ1v) is 5.76. The predicted octanol–water partition coefficient (Wildman–Crippen LogP) is 3.46. The molecule has 1 aromatic rings. The van der Waals surface area contributed by atoms with Gasteiger partial charge in [0.2, 0.25) is 0 Å². The summed E-state index contributed by atoms with van der Waals surface area (Å²) in [6, 6.07) is 8.00. The van der Waals surface area contributed by atoms with E-state index in [1.54, 1.807) is 11.8 Å². The van der Waals surface area contributed by atoms with Gasteiger partial charge in [0, 0.05) is 25.2 Å². The van der Waals surface area contributed by atoms with Crippen molar-refractivity contribution in [3.8, 4) is 0 Å². The Morgan fingerprint density at radius 2 is 2.07 bits per heavy atom. The van der Waals surface area contributed by atoms with E-state index in [0.29, 0.717) is 5.17 Å². The van der Waals surface area contributed by atoms with Gasteiger partial charge in [0.05, 0.1) is 10.6 Å². The summed E-state index contributed by atoms with van der Waals surface area (Å²) in [7, 11) is 3.94. The number of para-hydroxylation sites is 1. The molecule has 2 rings (SSSR count). The number of nitrogens with zero attached hydrogens (tertiary/aromatic N) is 2. The first kappa shape index (κ1) is 10.6. The van der Waals surface area contributed by atoms with Crippen LogP contribution in [-0.2, 0) is 0 Å². The molecule has 1 aromatic carbocycles. The third-order valence-electron chi connectivity index (χ3n) is 1.88. The molecule has 2 nitrogen and oxygen atoms in total. The Morgan fingerprint density at radius 1 is 1.33 bits per heavy atom. The van der Waals surface area contributed by atoms with Gasteiger partial charge in [-0.25, -0.2) is 4.99 Å². The van der Waals surface area contributed by atoms with Gasteiger partial charge in [-0.2, -0.15) is 0 Å². The number of hydrogen-bond donors (Lipinski definition) is 0. The van der Waals surface area contributed by atoms with E-state index in [9.17, 15) is 0 Å². The molecule has 0 N–H and O–H groups in total. The molecule has 0 atom stereocenters. The van der Waals surface area contributed by atoms with Crippen LogP contribution in [0.1, 0.15) is 0 Å². The number of halogens is 1. The van der Waals surface area contributed by atoms with E-state index in [0.717, 1.165) is 15.5 Å². The molecule has 0 bridgehead atoms. The average Bonchev–Trinajstić information content (AvgIpc) is 2.18. The molecule has 15 heavy (non-hydrogen) atoms. The van der Waals surface area contributed by atoms with E-state index >= 15 is 0 Å². The first-order chi connectivity index (χ1) is 7.16. The molecular weight excluding hydrogens is 228 g/mol. The van der Waals surface area contributed by atoms with E-state index in [1.165, 1.54) is 0 Å². The third-order valence-corrected chi connectivity index (χ3v) is 3.37. The number of aliphatic imine (C=N–C) groups is 1. The van der Waals surface area contributed by atoms with Crippen LogP contribution >= 0.6 is 23.4 Å². The fourth-order valence-electron chi connectivity index (χ4n) is 1.27. The Bertz CT molecular complexity index is 438. The van der Waals surface area contributed by atoms with Crippen LogP contribution in [-0.4, -0.2) is 24.2 Å². The van der Waals surface area contributed by atoms with Crippen molar-refractivity contribution < 1.29 is 0 Å². The van der Waals surface area contributed by atoms with Crippen molar-refractivity contribution in [1.82, 2.24) is 4.90 Å². The number of thioether (sulfide) groups is 1. The largest absolute Gasteiger partial charge is 0.382 e. The summed E-state index contributed by atoms with van der Waals surface area (Å²) in [5.74, 6) is 0. The lowest BCUT2D eigenvalue weighted by molar-refractivity contribution is 0.563. The van der Waals surface area contributed by atoms with E-state index in [2.05, 4.69) is 11.1 Å². The van der Waals surface area contributed by atoms with Gasteiger partial charge < -0.3 is 4.90 Å². The first-order valence-electron chi connectivity index (χ1n) is 4.56. The summed E-state index contributed by atoms with van der Waals surface area (Å²) in [5.41, 5.74) is 0.948. The minimum Gasteiger partial charge on any atom is -0.382 e. The molecule has 0 unspecified atom stereocenters. The molecule has 0 fully saturated rings. The number of rotatable bonds is 1. The van der Waals surface area contributed by atoms with Crippen molar-refractivity contribution in [1.29, 1.82) is 0 Å². The average molecular weight is 239 g/mol. The maximum Gasteiger partial charge on any atom is 0.145 e. The normalized spacial score (nSPS) is 17.3. The van der Waals surface area contributed by atoms with E-state index in [1.807, 2.05) is 43.4 Å². The van der Waals surface area contributed by atoms with Crippen molar-refractivity contribution in [3.05, 3.63) is 35.4 Å². The van der Waals surface area contributed by atoms with Gasteiger partial charge in [-0.3, -0.25) is 0 Å². The molecule has 1 heterocycles. The summed E-state index contributed by atoms with van der Waals surface area (Å²) in [6.07, 6.45) is 1.98. The fraction of sp³-hybridized carbons (Fsp3) is 0.182. The smallest absolute Gasteiger partial charge is 0.145 e. The monoisotopic (exact) mass is 238 g/mol. The molecule has 1 aliphatic heterocycles. The molecule has 4 heteroatoms. The van der Waals surface area contributed by atoms with Crippen LogP contribution in [0.4, 0.5) is 5.69 Å². The lowest BCUT2D eigenvalue weighted by Gasteiger charge is -2.16. The summed E-state index contributed by atoms with van der Waals surface area (Å²) in [5, 5.41) is 0.562. The van der Waals surface area contributed by atoms with E-state index in [4.69, 9.17) is 11.6 Å². The van der Waals surface area contributed by atoms with Crippen molar-refractivity contribution >= 4 is 34.2 Å². The second-order valence-corrected chi connectivity index (χ2v) is 4.87. The van der Waals surface area contributed by atoms with Gasteiger partial charge in [0.1, 0.15) is 5.17 Å². The maximum absolute atomic E-state index is 6.09. The lowest BCUT2D eigenvalue weighted by Crippen LogP contribution is -2.06. The van der Waals surface area contributed by atoms with Crippen LogP contribution in [0, 0.1) is 0 Å². The van der Waals surface area contributed by atoms with Gasteiger partial charge in [-0.15, -0.1) is 0 Å². The molecule has 78 valence electrons. The highest BCUT2D eigenvalue weighted by Gasteiger charge is 2.15. The topological polar surface area (TPSA) is 15.6 Å². The molecule has 0 aliphatic carbocycles. The van der Waals surface area contributed by atoms with Crippen LogP contribution in [0.3, 0.4) is 0 Å². The Balaban J connectivity index is 2.40. The number of fused-ring (bicyclic) bond motifs is 1. The van der Waals surface area contributed by atoms with Crippen molar-refractivity contribution in [2.75, 3.05) is 14.1 Å². The molecule has 1 aliphatic rings. The quantitative estimate of drug-likeness (QED) is 0.745. The number of hydrogen-bond acceptors (Lipinski definition) is 3. The molecule has 0 radical (unpaired) electrons. The zero-order valence-corrected chi connectivity index (χ0v) is 10.1. The second kappa shape index (κ2) is 4.29. The fourth-order valence-corrected chi connectivity index (χ4v) is 2.52. The van der Waals surface area contributed by atoms with Crippen molar-refractivity contribution in [2.45, 2.75) is 4.90 Å². The van der Waals surface area contributed by atoms with E-state index < -0.39 is 0 Å². The standard InChI is InChI=1S/C11H11ClN2S/c1-14(2)7-10-11(12)13-8-5-3-4-6-9(8)15-10/h3-7H,1-2H3. The molecule has 0 amide bonds. The van der Waals surface area contributed by atoms with Crippen molar-refractivity contribution in [3.63, 3.8) is 0 Å². The highest BCUT2D eigenvalue weighted by atomic mass is 35.5. The molecule has 0 saturated carbocycles. The summed E-state index contributed by atoms with van der Waals surface area (Å²) >= 11 is 7.74. The van der Waals surface area contributed by atoms with Crippen LogP contribution in [0.5, 0.6) is 0 Å². The van der Waals surface area contributed by atoms with Gasteiger partial charge in [0.25, 0.3) is 0 Å². The van der Waals surface area contributed by atoms with Gasteiger partial charge in [-0.1, -0.05) is 35.5 Å². The van der Waals surface area contributed by atoms with Crippen LogP contribution < -0.4 is 0 Å². The maximum atomic E-state index is 6.09. The summed E-state index contributed by atoms with van der Waals surface area (Å²) in [4.78, 5) is 8.45.